The molecule has 2 N–H and O–H groups in total. The van der Waals surface area contributed by atoms with Crippen molar-refractivity contribution in [2.45, 2.75) is 51.9 Å². The van der Waals surface area contributed by atoms with Crippen LogP contribution in [0.25, 0.3) is 11.4 Å². The van der Waals surface area contributed by atoms with Crippen LogP contribution < -0.4 is 5.32 Å². The summed E-state index contributed by atoms with van der Waals surface area (Å²) in [6.45, 7) is 2.53. The van der Waals surface area contributed by atoms with Crippen LogP contribution in [0.5, 0.6) is 0 Å². The molecule has 8 nitrogen and oxygen atoms in total. The van der Waals surface area contributed by atoms with Crippen molar-refractivity contribution in [1.82, 2.24) is 30.5 Å². The van der Waals surface area contributed by atoms with Crippen LogP contribution in [0.2, 0.25) is 0 Å². The Bertz CT molecular complexity index is 1170. The molecule has 1 saturated carbocycles. The van der Waals surface area contributed by atoms with Crippen molar-refractivity contribution in [2.24, 2.45) is 11.8 Å². The predicted molar refractivity (Wildman–Crippen MR) is 121 cm³/mol. The number of halogens is 3. The maximum Gasteiger partial charge on any atom is 0.416 e. The summed E-state index contributed by atoms with van der Waals surface area (Å²) in [5.74, 6) is 0.659. The molecule has 11 heteroatoms. The number of nitrogens with one attached hydrogen (secondary N) is 1. The zero-order valence-corrected chi connectivity index (χ0v) is 19.3. The Hall–Kier alpha value is -3.34. The summed E-state index contributed by atoms with van der Waals surface area (Å²) in [7, 11) is 0. The van der Waals surface area contributed by atoms with Gasteiger partial charge in [0.05, 0.1) is 12.1 Å². The number of aliphatic hydroxyl groups excluding tert-OH is 1. The fourth-order valence-corrected chi connectivity index (χ4v) is 4.31. The molecule has 2 aromatic heterocycles. The van der Waals surface area contributed by atoms with E-state index in [1.165, 1.54) is 12.1 Å². The first kappa shape index (κ1) is 24.8. The Morgan fingerprint density at radius 2 is 1.89 bits per heavy atom. The minimum absolute atomic E-state index is 0.0688. The fourth-order valence-electron chi connectivity index (χ4n) is 4.31. The van der Waals surface area contributed by atoms with Crippen molar-refractivity contribution in [3.63, 3.8) is 0 Å². The molecule has 1 aromatic carbocycles. The molecule has 1 aliphatic carbocycles. The zero-order valence-electron chi connectivity index (χ0n) is 19.3. The van der Waals surface area contributed by atoms with E-state index in [-0.39, 0.29) is 18.8 Å². The predicted octanol–water partition coefficient (Wildman–Crippen LogP) is 3.79. The molecule has 0 spiro atoms. The van der Waals surface area contributed by atoms with Crippen LogP contribution in [0.4, 0.5) is 13.2 Å². The van der Waals surface area contributed by atoms with Gasteiger partial charge in [-0.25, -0.2) is 4.98 Å². The van der Waals surface area contributed by atoms with Gasteiger partial charge < -0.3 is 10.4 Å². The van der Waals surface area contributed by atoms with Crippen molar-refractivity contribution in [2.75, 3.05) is 6.61 Å². The number of hydrogen-bond donors (Lipinski definition) is 2. The van der Waals surface area contributed by atoms with Gasteiger partial charge in [0, 0.05) is 24.4 Å². The summed E-state index contributed by atoms with van der Waals surface area (Å²) >= 11 is 0. The topological polar surface area (TPSA) is 106 Å². The van der Waals surface area contributed by atoms with Crippen LogP contribution in [-0.2, 0) is 19.3 Å². The van der Waals surface area contributed by atoms with Crippen molar-refractivity contribution in [1.29, 1.82) is 0 Å². The molecule has 2 heterocycles. The number of carbonyl (C=O) groups excluding carboxylic acids is 1. The van der Waals surface area contributed by atoms with Gasteiger partial charge in [0.15, 0.2) is 0 Å². The minimum atomic E-state index is -4.45. The SMILES string of the molecule is Cc1cc(-c2nnn(CC3CCC(CO)CC3)n2)cc(C(=O)NCc2cccc(C(F)(F)F)c2)n1. The number of nitrogens with zero attached hydrogens (tertiary/aromatic N) is 5. The van der Waals surface area contributed by atoms with Crippen LogP contribution in [0.15, 0.2) is 36.4 Å². The van der Waals surface area contributed by atoms with Crippen molar-refractivity contribution >= 4 is 5.91 Å². The second kappa shape index (κ2) is 10.5. The van der Waals surface area contributed by atoms with E-state index in [0.29, 0.717) is 41.0 Å². The first-order valence-corrected chi connectivity index (χ1v) is 11.5. The average Bonchev–Trinajstić information content (AvgIpc) is 3.31. The molecule has 1 amide bonds. The van der Waals surface area contributed by atoms with E-state index in [1.54, 1.807) is 23.9 Å². The summed E-state index contributed by atoms with van der Waals surface area (Å²) in [4.78, 5) is 18.5. The van der Waals surface area contributed by atoms with Crippen LogP contribution in [-0.4, -0.2) is 42.8 Å². The number of aryl methyl sites for hydroxylation is 1. The van der Waals surface area contributed by atoms with E-state index >= 15 is 0 Å². The summed E-state index contributed by atoms with van der Waals surface area (Å²) in [5.41, 5.74) is 0.836. The highest BCUT2D eigenvalue weighted by molar-refractivity contribution is 5.93. The van der Waals surface area contributed by atoms with Gasteiger partial charge in [0.25, 0.3) is 5.91 Å². The van der Waals surface area contributed by atoms with E-state index in [2.05, 4.69) is 25.7 Å². The highest BCUT2D eigenvalue weighted by Crippen LogP contribution is 2.30. The number of tetrazole rings is 1. The lowest BCUT2D eigenvalue weighted by Gasteiger charge is -2.26. The average molecular weight is 489 g/mol. The van der Waals surface area contributed by atoms with E-state index < -0.39 is 17.6 Å². The van der Waals surface area contributed by atoms with Gasteiger partial charge in [-0.1, -0.05) is 12.1 Å². The number of hydrogen-bond acceptors (Lipinski definition) is 6. The molecule has 186 valence electrons. The van der Waals surface area contributed by atoms with Gasteiger partial charge in [-0.05, 0) is 79.5 Å². The zero-order chi connectivity index (χ0) is 25.0. The fraction of sp³-hybridized carbons (Fsp3) is 0.458. The number of aliphatic hydroxyl groups is 1. The van der Waals surface area contributed by atoms with Gasteiger partial charge in [0.1, 0.15) is 5.69 Å². The highest BCUT2D eigenvalue weighted by atomic mass is 19.4. The first-order valence-electron chi connectivity index (χ1n) is 11.5. The molecule has 0 radical (unpaired) electrons. The third-order valence-electron chi connectivity index (χ3n) is 6.25. The van der Waals surface area contributed by atoms with E-state index in [0.717, 1.165) is 37.8 Å². The van der Waals surface area contributed by atoms with Crippen LogP contribution >= 0.6 is 0 Å². The van der Waals surface area contributed by atoms with Crippen LogP contribution in [0, 0.1) is 18.8 Å². The molecule has 4 rings (SSSR count). The monoisotopic (exact) mass is 488 g/mol. The minimum Gasteiger partial charge on any atom is -0.396 e. The second-order valence-electron chi connectivity index (χ2n) is 9.00. The lowest BCUT2D eigenvalue weighted by molar-refractivity contribution is -0.137. The molecule has 0 aliphatic heterocycles. The number of alkyl halides is 3. The lowest BCUT2D eigenvalue weighted by Crippen LogP contribution is -2.24. The quantitative estimate of drug-likeness (QED) is 0.524. The molecule has 1 fully saturated rings. The summed E-state index contributed by atoms with van der Waals surface area (Å²) in [6.07, 6.45) is -0.452. The lowest BCUT2D eigenvalue weighted by atomic mass is 9.82. The number of pyridine rings is 1. The number of amides is 1. The Morgan fingerprint density at radius 3 is 2.60 bits per heavy atom. The molecular weight excluding hydrogens is 461 g/mol. The van der Waals surface area contributed by atoms with Gasteiger partial charge in [0.2, 0.25) is 5.82 Å². The summed E-state index contributed by atoms with van der Waals surface area (Å²) in [5, 5.41) is 24.7. The van der Waals surface area contributed by atoms with Gasteiger partial charge >= 0.3 is 6.18 Å². The molecule has 1 aliphatic rings. The maximum atomic E-state index is 12.9. The van der Waals surface area contributed by atoms with Gasteiger partial charge in [-0.3, -0.25) is 4.79 Å². The molecule has 0 unspecified atom stereocenters. The standard InChI is InChI=1S/C24H27F3N6O2/c1-15-9-19(22-30-32-33(31-22)13-16-5-7-17(14-34)8-6-16)11-21(29-15)23(35)28-12-18-3-2-4-20(10-18)24(25,26)27/h2-4,9-11,16-17,34H,5-8,12-14H2,1H3,(H,28,35). The number of carbonyl (C=O) groups is 1. The smallest absolute Gasteiger partial charge is 0.396 e. The third kappa shape index (κ3) is 6.41. The van der Waals surface area contributed by atoms with Crippen molar-refractivity contribution < 1.29 is 23.1 Å². The third-order valence-corrected chi connectivity index (χ3v) is 6.25. The van der Waals surface area contributed by atoms with Gasteiger partial charge in [-0.15, -0.1) is 10.2 Å². The maximum absolute atomic E-state index is 12.9. The van der Waals surface area contributed by atoms with Gasteiger partial charge in [-0.2, -0.15) is 18.0 Å². The Morgan fingerprint density at radius 1 is 1.14 bits per heavy atom. The largest absolute Gasteiger partial charge is 0.416 e. The Balaban J connectivity index is 1.41. The Labute approximate surface area is 200 Å². The normalized spacial score (nSPS) is 18.4. The number of aromatic nitrogens is 5. The molecular formula is C24H27F3N6O2. The molecule has 0 atom stereocenters. The van der Waals surface area contributed by atoms with E-state index in [1.807, 2.05) is 0 Å². The van der Waals surface area contributed by atoms with E-state index in [9.17, 15) is 23.1 Å². The number of rotatable bonds is 7. The van der Waals surface area contributed by atoms with Crippen LogP contribution in [0.1, 0.15) is 53.0 Å². The number of benzene rings is 1. The highest BCUT2D eigenvalue weighted by Gasteiger charge is 2.30. The Kier molecular flexibility index (Phi) is 7.44. The summed E-state index contributed by atoms with van der Waals surface area (Å²) in [6, 6.07) is 8.11. The molecule has 3 aromatic rings. The molecule has 0 saturated heterocycles. The molecule has 0 bridgehead atoms. The first-order chi connectivity index (χ1) is 16.7. The van der Waals surface area contributed by atoms with Crippen molar-refractivity contribution in [3.05, 3.63) is 58.9 Å². The van der Waals surface area contributed by atoms with E-state index in [4.69, 9.17) is 0 Å². The van der Waals surface area contributed by atoms with Crippen molar-refractivity contribution in [3.8, 4) is 11.4 Å². The van der Waals surface area contributed by atoms with Crippen LogP contribution in [0.3, 0.4) is 0 Å². The summed E-state index contributed by atoms with van der Waals surface area (Å²) < 4.78 is 38.8. The molecule has 35 heavy (non-hydrogen) atoms. The second-order valence-corrected chi connectivity index (χ2v) is 9.00.